The summed E-state index contributed by atoms with van der Waals surface area (Å²) in [6, 6.07) is 7.32. The van der Waals surface area contributed by atoms with Gasteiger partial charge in [0, 0.05) is 18.1 Å². The monoisotopic (exact) mass is 420 g/mol. The third-order valence-corrected chi connectivity index (χ3v) is 5.48. The Labute approximate surface area is 170 Å². The van der Waals surface area contributed by atoms with E-state index in [1.807, 2.05) is 0 Å². The van der Waals surface area contributed by atoms with Crippen LogP contribution in [0.1, 0.15) is 38.3 Å². The predicted octanol–water partition coefficient (Wildman–Crippen LogP) is 4.47. The topological polar surface area (TPSA) is 68.7 Å². The second-order valence-corrected chi connectivity index (χ2v) is 8.19. The van der Waals surface area contributed by atoms with Gasteiger partial charge in [-0.3, -0.25) is 9.59 Å². The number of alkyl halides is 3. The number of carbonyl (C=O) groups excluding carboxylic acids is 2. The van der Waals surface area contributed by atoms with Crippen LogP contribution in [0.2, 0.25) is 0 Å². The van der Waals surface area contributed by atoms with Crippen LogP contribution in [0.15, 0.2) is 36.5 Å². The highest BCUT2D eigenvalue weighted by molar-refractivity contribution is 6.22. The normalized spacial score (nSPS) is 23.1. The van der Waals surface area contributed by atoms with E-state index in [0.717, 1.165) is 11.8 Å². The number of halogens is 3. The van der Waals surface area contributed by atoms with Gasteiger partial charge in [-0.05, 0) is 30.7 Å². The van der Waals surface area contributed by atoms with Crippen molar-refractivity contribution >= 4 is 17.5 Å². The number of hydrogen-bond donors (Lipinski definition) is 0. The van der Waals surface area contributed by atoms with E-state index in [1.54, 1.807) is 13.8 Å². The van der Waals surface area contributed by atoms with Crippen molar-refractivity contribution < 1.29 is 32.2 Å². The fourth-order valence-corrected chi connectivity index (χ4v) is 3.62. The Morgan fingerprint density at radius 3 is 2.43 bits per heavy atom. The Hall–Kier alpha value is -2.94. The van der Waals surface area contributed by atoms with Gasteiger partial charge in [-0.25, -0.2) is 9.88 Å². The summed E-state index contributed by atoms with van der Waals surface area (Å²) in [7, 11) is 0. The van der Waals surface area contributed by atoms with Crippen molar-refractivity contribution in [1.29, 1.82) is 0 Å². The maximum Gasteiger partial charge on any atom is 0.421 e. The number of anilines is 1. The van der Waals surface area contributed by atoms with E-state index in [0.29, 0.717) is 11.3 Å². The highest BCUT2D eigenvalue weighted by Crippen LogP contribution is 2.48. The molecule has 9 heteroatoms. The predicted molar refractivity (Wildman–Crippen MR) is 99.8 cm³/mol. The highest BCUT2D eigenvalue weighted by atomic mass is 19.4. The maximum atomic E-state index is 13.5. The molecule has 0 spiro atoms. The number of aromatic nitrogens is 1. The quantitative estimate of drug-likeness (QED) is 0.686. The molecule has 6 nitrogen and oxygen atoms in total. The highest BCUT2D eigenvalue weighted by Gasteiger charge is 2.57. The van der Waals surface area contributed by atoms with Crippen LogP contribution in [0, 0.1) is 5.41 Å². The van der Waals surface area contributed by atoms with Crippen LogP contribution in [0.4, 0.5) is 18.9 Å². The van der Waals surface area contributed by atoms with Crippen molar-refractivity contribution in [1.82, 2.24) is 4.98 Å². The van der Waals surface area contributed by atoms with Gasteiger partial charge in [-0.1, -0.05) is 19.9 Å². The first-order chi connectivity index (χ1) is 13.9. The van der Waals surface area contributed by atoms with Crippen LogP contribution >= 0.6 is 0 Å². The summed E-state index contributed by atoms with van der Waals surface area (Å²) in [4.78, 5) is 29.7. The second-order valence-electron chi connectivity index (χ2n) is 8.19. The van der Waals surface area contributed by atoms with Gasteiger partial charge >= 0.3 is 6.18 Å². The molecule has 1 saturated heterocycles. The van der Waals surface area contributed by atoms with Gasteiger partial charge in [0.15, 0.2) is 5.60 Å². The molecule has 2 aromatic rings. The van der Waals surface area contributed by atoms with Crippen LogP contribution in [0.5, 0.6) is 11.6 Å². The summed E-state index contributed by atoms with van der Waals surface area (Å²) in [5.41, 5.74) is -2.42. The molecule has 1 atom stereocenters. The minimum Gasteiger partial charge on any atom is -0.439 e. The van der Waals surface area contributed by atoms with Gasteiger partial charge in [0.2, 0.25) is 17.7 Å². The Bertz CT molecular complexity index is 1030. The second kappa shape index (κ2) is 6.53. The number of ether oxygens (including phenoxy) is 2. The summed E-state index contributed by atoms with van der Waals surface area (Å²) in [5, 5.41) is 0. The van der Waals surface area contributed by atoms with E-state index in [9.17, 15) is 22.8 Å². The molecule has 1 fully saturated rings. The fraction of sp³-hybridized carbons (Fsp3) is 0.381. The number of benzene rings is 1. The molecular weight excluding hydrogens is 401 g/mol. The number of carbonyl (C=O) groups is 2. The van der Waals surface area contributed by atoms with Gasteiger partial charge in [-0.15, -0.1) is 0 Å². The molecule has 158 valence electrons. The Morgan fingerprint density at radius 1 is 1.13 bits per heavy atom. The number of amides is 2. The lowest BCUT2D eigenvalue weighted by atomic mass is 9.92. The summed E-state index contributed by atoms with van der Waals surface area (Å²) < 4.78 is 51.0. The molecule has 2 aliphatic rings. The van der Waals surface area contributed by atoms with E-state index >= 15 is 0 Å². The number of pyridine rings is 1. The van der Waals surface area contributed by atoms with Crippen LogP contribution in [-0.4, -0.2) is 23.0 Å². The van der Waals surface area contributed by atoms with Crippen molar-refractivity contribution in [3.63, 3.8) is 0 Å². The molecule has 30 heavy (non-hydrogen) atoms. The first-order valence-corrected chi connectivity index (χ1v) is 9.28. The molecule has 0 aliphatic carbocycles. The van der Waals surface area contributed by atoms with Crippen molar-refractivity contribution in [2.24, 2.45) is 5.41 Å². The minimum absolute atomic E-state index is 0.000360. The van der Waals surface area contributed by atoms with Crippen LogP contribution in [-0.2, 0) is 26.5 Å². The van der Waals surface area contributed by atoms with E-state index in [-0.39, 0.29) is 42.0 Å². The lowest BCUT2D eigenvalue weighted by Crippen LogP contribution is -2.38. The van der Waals surface area contributed by atoms with Crippen molar-refractivity contribution in [3.05, 3.63) is 47.7 Å². The van der Waals surface area contributed by atoms with Crippen molar-refractivity contribution in [3.8, 4) is 11.6 Å². The van der Waals surface area contributed by atoms with E-state index < -0.39 is 17.2 Å². The number of hydrogen-bond acceptors (Lipinski definition) is 5. The zero-order valence-corrected chi connectivity index (χ0v) is 16.5. The standard InChI is InChI=1S/C21H19F3N2O4/c1-19(2)9-17(27)26(18(19)28)13-5-7-16(25-10-13)30-14-6-4-12-11-29-20(3,15(12)8-14)21(22,23)24/h4-8,10H,9,11H2,1-3H3. The summed E-state index contributed by atoms with van der Waals surface area (Å²) in [6.45, 7) is 4.25. The fourth-order valence-electron chi connectivity index (χ4n) is 3.62. The molecule has 0 saturated carbocycles. The third-order valence-electron chi connectivity index (χ3n) is 5.48. The molecule has 0 bridgehead atoms. The third kappa shape index (κ3) is 3.13. The minimum atomic E-state index is -4.57. The molecule has 1 aromatic heterocycles. The molecule has 1 aromatic carbocycles. The Balaban J connectivity index is 1.56. The summed E-state index contributed by atoms with van der Waals surface area (Å²) in [5.74, 6) is -0.340. The summed E-state index contributed by atoms with van der Waals surface area (Å²) >= 11 is 0. The Kier molecular flexibility index (Phi) is 4.43. The first kappa shape index (κ1) is 20.3. The molecule has 2 aliphatic heterocycles. The largest absolute Gasteiger partial charge is 0.439 e. The van der Waals surface area contributed by atoms with E-state index in [4.69, 9.17) is 9.47 Å². The number of fused-ring (bicyclic) bond motifs is 1. The van der Waals surface area contributed by atoms with Crippen LogP contribution < -0.4 is 9.64 Å². The molecular formula is C21H19F3N2O4. The van der Waals surface area contributed by atoms with Crippen LogP contribution in [0.25, 0.3) is 0 Å². The first-order valence-electron chi connectivity index (χ1n) is 9.28. The molecule has 0 radical (unpaired) electrons. The van der Waals surface area contributed by atoms with E-state index in [2.05, 4.69) is 4.98 Å². The van der Waals surface area contributed by atoms with Gasteiger partial charge in [-0.2, -0.15) is 13.2 Å². The average molecular weight is 420 g/mol. The average Bonchev–Trinajstić information content (AvgIpc) is 3.10. The molecule has 1 unspecified atom stereocenters. The zero-order chi connectivity index (χ0) is 21.9. The van der Waals surface area contributed by atoms with Gasteiger partial charge < -0.3 is 9.47 Å². The van der Waals surface area contributed by atoms with Gasteiger partial charge in [0.25, 0.3) is 0 Å². The lowest BCUT2D eigenvalue weighted by molar-refractivity contribution is -0.272. The molecule has 3 heterocycles. The number of nitrogens with zero attached hydrogens (tertiary/aromatic N) is 2. The maximum absolute atomic E-state index is 13.5. The molecule has 0 N–H and O–H groups in total. The Morgan fingerprint density at radius 2 is 1.87 bits per heavy atom. The number of rotatable bonds is 3. The van der Waals surface area contributed by atoms with Crippen molar-refractivity contribution in [2.75, 3.05) is 4.90 Å². The summed E-state index contributed by atoms with van der Waals surface area (Å²) in [6.07, 6.45) is -3.14. The molecule has 4 rings (SSSR count). The van der Waals surface area contributed by atoms with Crippen LogP contribution in [0.3, 0.4) is 0 Å². The van der Waals surface area contributed by atoms with E-state index in [1.165, 1.54) is 36.5 Å². The van der Waals surface area contributed by atoms with Gasteiger partial charge in [0.1, 0.15) is 5.75 Å². The van der Waals surface area contributed by atoms with Crippen molar-refractivity contribution in [2.45, 2.75) is 45.6 Å². The smallest absolute Gasteiger partial charge is 0.421 e. The molecule has 2 amide bonds. The lowest BCUT2D eigenvalue weighted by Gasteiger charge is -2.27. The SMILES string of the molecule is CC1(C)CC(=O)N(c2ccc(Oc3ccc4c(c3)C(C)(C(F)(F)F)OC4)nc2)C1=O. The van der Waals surface area contributed by atoms with Gasteiger partial charge in [0.05, 0.1) is 23.9 Å². The number of imide groups is 1. The zero-order valence-electron chi connectivity index (χ0n) is 16.5.